The van der Waals surface area contributed by atoms with Crippen LogP contribution in [-0.4, -0.2) is 132 Å². The zero-order valence-electron chi connectivity index (χ0n) is 36.1. The molecule has 0 aliphatic heterocycles. The van der Waals surface area contributed by atoms with Gasteiger partial charge in [0.15, 0.2) is 0 Å². The highest BCUT2D eigenvalue weighted by Crippen LogP contribution is 2.26. The smallest absolute Gasteiger partial charge is 0.306 e. The van der Waals surface area contributed by atoms with E-state index in [1.165, 1.54) is 32.1 Å². The Morgan fingerprint density at radius 2 is 0.656 bits per heavy atom. The Morgan fingerprint density at radius 3 is 0.812 bits per heavy atom. The van der Waals surface area contributed by atoms with Crippen LogP contribution in [0, 0.1) is 0 Å². The van der Waals surface area contributed by atoms with E-state index in [9.17, 15) is 39.0 Å². The molecule has 4 rings (SSSR count). The van der Waals surface area contributed by atoms with Crippen LogP contribution in [0.2, 0.25) is 0 Å². The van der Waals surface area contributed by atoms with Crippen LogP contribution < -0.4 is 20.0 Å². The summed E-state index contributed by atoms with van der Waals surface area (Å²) in [6.07, 6.45) is -4.77. The molecule has 0 heterocycles. The minimum Gasteiger partial charge on any atom is -0.547 e. The van der Waals surface area contributed by atoms with Crippen LogP contribution in [0.1, 0.15) is 60.1 Å². The number of likely N-dealkylation sites (N-methyl/N-ethyl adjacent to an activating group) is 2. The molecule has 0 fully saturated rings. The van der Waals surface area contributed by atoms with Crippen LogP contribution in [0.15, 0.2) is 121 Å². The summed E-state index contributed by atoms with van der Waals surface area (Å²) in [5, 5.41) is 71.1. The van der Waals surface area contributed by atoms with E-state index < -0.39 is 72.7 Å². The number of nitrogens with one attached hydrogen (secondary N) is 2. The third kappa shape index (κ3) is 22.5. The highest BCUT2D eigenvalue weighted by atomic mass is 16.5. The fraction of sp³-hybridized carbons (Fsp3) is 0.348. The molecule has 0 spiro atoms. The third-order valence-electron chi connectivity index (χ3n) is 8.72. The molecule has 0 atom stereocenters. The van der Waals surface area contributed by atoms with Gasteiger partial charge in [-0.05, 0) is 22.3 Å². The van der Waals surface area contributed by atoms with Crippen LogP contribution in [0.3, 0.4) is 0 Å². The normalized spacial score (nSPS) is 11.0. The summed E-state index contributed by atoms with van der Waals surface area (Å²) in [6.45, 7) is 3.54. The van der Waals surface area contributed by atoms with Gasteiger partial charge < -0.3 is 69.7 Å². The summed E-state index contributed by atoms with van der Waals surface area (Å²) in [5.41, 5.74) is -0.857. The van der Waals surface area contributed by atoms with E-state index in [1.54, 1.807) is 0 Å². The predicted octanol–water partition coefficient (Wildman–Crippen LogP) is -1.29. The first-order chi connectivity index (χ1) is 30.1. The van der Waals surface area contributed by atoms with E-state index in [1.807, 2.05) is 24.3 Å². The molecule has 348 valence electrons. The van der Waals surface area contributed by atoms with Crippen LogP contribution in [0.4, 0.5) is 0 Å². The number of quaternary nitrogens is 2. The molecule has 18 heteroatoms. The first-order valence-corrected chi connectivity index (χ1v) is 19.9. The largest absolute Gasteiger partial charge is 0.547 e. The highest BCUT2D eigenvalue weighted by Gasteiger charge is 2.35. The predicted molar refractivity (Wildman–Crippen MR) is 226 cm³/mol. The molecule has 0 unspecified atom stereocenters. The molecule has 64 heavy (non-hydrogen) atoms. The summed E-state index contributed by atoms with van der Waals surface area (Å²) < 4.78 is 12.2. The molecule has 0 aliphatic carbocycles. The van der Waals surface area contributed by atoms with Crippen LogP contribution in [0.25, 0.3) is 0 Å². The van der Waals surface area contributed by atoms with Gasteiger partial charge in [-0.25, -0.2) is 0 Å². The summed E-state index contributed by atoms with van der Waals surface area (Å²) >= 11 is 0. The lowest BCUT2D eigenvalue weighted by atomic mass is 9.96. The number of carboxylic acid groups (broad SMARTS) is 6. The lowest BCUT2D eigenvalue weighted by Crippen LogP contribution is -3.06. The molecule has 4 aromatic carbocycles. The minimum atomic E-state index is -2.85. The van der Waals surface area contributed by atoms with E-state index in [0.29, 0.717) is 0 Å². The van der Waals surface area contributed by atoms with E-state index >= 15 is 0 Å². The number of aliphatic hydroxyl groups is 2. The topological polar surface area (TPSA) is 297 Å². The number of hydrogen-bond donors (Lipinski definition) is 8. The van der Waals surface area contributed by atoms with Crippen LogP contribution in [0.5, 0.6) is 0 Å². The number of benzene rings is 4. The van der Waals surface area contributed by atoms with E-state index in [-0.39, 0.29) is 12.2 Å². The molecule has 0 bridgehead atoms. The first kappa shape index (κ1) is 55.5. The fourth-order valence-electron chi connectivity index (χ4n) is 5.46. The Morgan fingerprint density at radius 1 is 0.453 bits per heavy atom. The van der Waals surface area contributed by atoms with Crippen molar-refractivity contribution in [1.82, 2.24) is 0 Å². The van der Waals surface area contributed by atoms with Crippen molar-refractivity contribution in [3.05, 3.63) is 144 Å². The Kier molecular flexibility index (Phi) is 25.1. The molecule has 0 saturated carbocycles. The van der Waals surface area contributed by atoms with Gasteiger partial charge in [0.1, 0.15) is 36.5 Å². The lowest BCUT2D eigenvalue weighted by Gasteiger charge is -2.25. The number of rotatable bonds is 22. The van der Waals surface area contributed by atoms with Crippen molar-refractivity contribution in [3.8, 4) is 0 Å². The van der Waals surface area contributed by atoms with Gasteiger partial charge in [-0.2, -0.15) is 0 Å². The van der Waals surface area contributed by atoms with Gasteiger partial charge in [0.05, 0.1) is 79.0 Å². The summed E-state index contributed by atoms with van der Waals surface area (Å²) in [6, 6.07) is 41.6. The van der Waals surface area contributed by atoms with Gasteiger partial charge in [-0.15, -0.1) is 0 Å². The Balaban J connectivity index is 0.000000435. The Bertz CT molecular complexity index is 1740. The maximum absolute atomic E-state index is 10.2. The van der Waals surface area contributed by atoms with Crippen molar-refractivity contribution in [1.29, 1.82) is 0 Å². The molecule has 0 aromatic heterocycles. The molecule has 4 aromatic rings. The number of carbonyl (C=O) groups is 6. The number of carboxylic acids is 6. The average molecular weight is 895 g/mol. The van der Waals surface area contributed by atoms with Gasteiger partial charge in [-0.1, -0.05) is 121 Å². The van der Waals surface area contributed by atoms with E-state index in [0.717, 1.165) is 26.3 Å². The maximum Gasteiger partial charge on any atom is 0.306 e. The van der Waals surface area contributed by atoms with Crippen molar-refractivity contribution >= 4 is 35.8 Å². The number of ether oxygens (including phenoxy) is 2. The molecule has 0 amide bonds. The molecule has 0 saturated heterocycles. The summed E-state index contributed by atoms with van der Waals surface area (Å²) in [5.74, 6) is -10.7. The van der Waals surface area contributed by atoms with Crippen LogP contribution >= 0.6 is 0 Å². The van der Waals surface area contributed by atoms with Crippen molar-refractivity contribution in [3.63, 3.8) is 0 Å². The molecular formula is C46H58N2O16. The Labute approximate surface area is 371 Å². The monoisotopic (exact) mass is 894 g/mol. The van der Waals surface area contributed by atoms with Gasteiger partial charge in [0.2, 0.25) is 0 Å². The molecular weight excluding hydrogens is 837 g/mol. The Hall–Kier alpha value is -6.54. The SMILES string of the molecule is C[NH+](C)CCOC(c1ccccc1)c1ccccc1.C[NH+](C)CCOC(c1ccccc1)c1ccccc1.O=C(O)CC(O)(CC(=O)O)C(=O)[O-].O=C(O)CC(O)(CC(=O)O)C(=O)[O-]. The highest BCUT2D eigenvalue weighted by molar-refractivity contribution is 5.87. The first-order valence-electron chi connectivity index (χ1n) is 19.9. The molecule has 18 nitrogen and oxygen atoms in total. The average Bonchev–Trinajstić information content (AvgIpc) is 3.22. The molecule has 8 N–H and O–H groups in total. The van der Waals surface area contributed by atoms with E-state index in [2.05, 4.69) is 125 Å². The zero-order valence-corrected chi connectivity index (χ0v) is 36.1. The van der Waals surface area contributed by atoms with E-state index in [4.69, 9.17) is 40.1 Å². The van der Waals surface area contributed by atoms with Crippen LogP contribution in [-0.2, 0) is 38.2 Å². The van der Waals surface area contributed by atoms with Gasteiger partial charge in [0.25, 0.3) is 0 Å². The number of hydrogen-bond acceptors (Lipinski definition) is 12. The second-order valence-electron chi connectivity index (χ2n) is 15.0. The standard InChI is InChI=1S/2C17H21NO.2C6H8O7/c2*1-18(2)13-14-19-17(15-9-5-3-6-10-15)16-11-7-4-8-12-16;2*7-3(8)1-6(13,5(11)12)2-4(9)10/h2*3-12,17H,13-14H2,1-2H3;2*13H,1-2H2,(H,7,8)(H,9,10)(H,11,12). The lowest BCUT2D eigenvalue weighted by molar-refractivity contribution is -0.858. The van der Waals surface area contributed by atoms with Crippen molar-refractivity contribution in [2.24, 2.45) is 0 Å². The van der Waals surface area contributed by atoms with Gasteiger partial charge in [-0.3, -0.25) is 19.2 Å². The fourth-order valence-corrected chi connectivity index (χ4v) is 5.46. The second kappa shape index (κ2) is 28.9. The van der Waals surface area contributed by atoms with Crippen molar-refractivity contribution < 1.29 is 88.9 Å². The van der Waals surface area contributed by atoms with Crippen molar-refractivity contribution in [2.45, 2.75) is 49.1 Å². The summed E-state index contributed by atoms with van der Waals surface area (Å²) in [4.78, 5) is 63.4. The van der Waals surface area contributed by atoms with Gasteiger partial charge in [0, 0.05) is 0 Å². The van der Waals surface area contributed by atoms with Gasteiger partial charge >= 0.3 is 23.9 Å². The minimum absolute atomic E-state index is 0.0294. The maximum atomic E-state index is 10.2. The quantitative estimate of drug-likeness (QED) is 0.0455. The third-order valence-corrected chi connectivity index (χ3v) is 8.72. The molecule has 0 radical (unpaired) electrons. The second-order valence-corrected chi connectivity index (χ2v) is 15.0. The van der Waals surface area contributed by atoms with Crippen molar-refractivity contribution in [2.75, 3.05) is 54.5 Å². The zero-order chi connectivity index (χ0) is 48.3. The number of aliphatic carboxylic acids is 6. The summed E-state index contributed by atoms with van der Waals surface area (Å²) in [7, 11) is 8.57. The molecule has 0 aliphatic rings. The number of carbonyl (C=O) groups excluding carboxylic acids is 2.